The van der Waals surface area contributed by atoms with Gasteiger partial charge in [0.05, 0.1) is 6.54 Å². The Kier molecular flexibility index (Phi) is 5.12. The molecular formula is C20H14F3NO3. The molecule has 0 saturated carbocycles. The summed E-state index contributed by atoms with van der Waals surface area (Å²) in [5, 5.41) is 0. The molecule has 0 N–H and O–H groups in total. The third kappa shape index (κ3) is 4.44. The number of nitrogens with zero attached hydrogens (tertiary/aromatic N) is 1. The standard InChI is InChI=1S/C20H14F3NO3/c21-20(22,23)17-7-4-12-24(19(17)26)13-18(25)14-8-10-16(11-9-14)27-15-5-2-1-3-6-15/h1-12H,13H2. The van der Waals surface area contributed by atoms with Crippen molar-refractivity contribution < 1.29 is 22.7 Å². The lowest BCUT2D eigenvalue weighted by Crippen LogP contribution is -2.30. The lowest BCUT2D eigenvalue weighted by Gasteiger charge is -2.10. The molecule has 0 aliphatic carbocycles. The first-order chi connectivity index (χ1) is 12.8. The lowest BCUT2D eigenvalue weighted by atomic mass is 10.1. The van der Waals surface area contributed by atoms with Crippen LogP contribution in [0, 0.1) is 0 Å². The van der Waals surface area contributed by atoms with Crippen LogP contribution in [-0.2, 0) is 12.7 Å². The second-order valence-electron chi connectivity index (χ2n) is 5.72. The van der Waals surface area contributed by atoms with Crippen LogP contribution in [0.25, 0.3) is 0 Å². The van der Waals surface area contributed by atoms with Crippen molar-refractivity contribution >= 4 is 5.78 Å². The van der Waals surface area contributed by atoms with Crippen LogP contribution in [0.3, 0.4) is 0 Å². The Morgan fingerprint density at radius 2 is 1.52 bits per heavy atom. The van der Waals surface area contributed by atoms with E-state index in [-0.39, 0.29) is 5.56 Å². The highest BCUT2D eigenvalue weighted by Crippen LogP contribution is 2.26. The Morgan fingerprint density at radius 1 is 0.889 bits per heavy atom. The van der Waals surface area contributed by atoms with Crippen LogP contribution in [0.1, 0.15) is 15.9 Å². The molecule has 0 saturated heterocycles. The molecule has 0 aliphatic heterocycles. The first-order valence-corrected chi connectivity index (χ1v) is 7.97. The number of rotatable bonds is 5. The van der Waals surface area contributed by atoms with Gasteiger partial charge in [-0.25, -0.2) is 0 Å². The highest BCUT2D eigenvalue weighted by molar-refractivity contribution is 5.96. The van der Waals surface area contributed by atoms with E-state index in [1.165, 1.54) is 12.1 Å². The van der Waals surface area contributed by atoms with E-state index in [1.807, 2.05) is 18.2 Å². The van der Waals surface area contributed by atoms with E-state index in [4.69, 9.17) is 4.74 Å². The Morgan fingerprint density at radius 3 is 2.15 bits per heavy atom. The van der Waals surface area contributed by atoms with Crippen LogP contribution in [0.2, 0.25) is 0 Å². The molecule has 0 radical (unpaired) electrons. The van der Waals surface area contributed by atoms with Crippen molar-refractivity contribution in [2.75, 3.05) is 0 Å². The zero-order chi connectivity index (χ0) is 19.4. The summed E-state index contributed by atoms with van der Waals surface area (Å²) in [6.07, 6.45) is -3.61. The minimum absolute atomic E-state index is 0.264. The van der Waals surface area contributed by atoms with Gasteiger partial charge in [-0.05, 0) is 48.5 Å². The predicted molar refractivity (Wildman–Crippen MR) is 93.0 cm³/mol. The number of halogens is 3. The molecule has 0 fully saturated rings. The second kappa shape index (κ2) is 7.49. The summed E-state index contributed by atoms with van der Waals surface area (Å²) >= 11 is 0. The van der Waals surface area contributed by atoms with Gasteiger partial charge in [-0.15, -0.1) is 0 Å². The minimum Gasteiger partial charge on any atom is -0.457 e. The van der Waals surface area contributed by atoms with Crippen LogP contribution < -0.4 is 10.3 Å². The van der Waals surface area contributed by atoms with Crippen LogP contribution in [0.15, 0.2) is 77.7 Å². The SMILES string of the molecule is O=C(Cn1cccc(C(F)(F)F)c1=O)c1ccc(Oc2ccccc2)cc1. The minimum atomic E-state index is -4.76. The van der Waals surface area contributed by atoms with Crippen molar-refractivity contribution in [1.29, 1.82) is 0 Å². The Labute approximate surface area is 152 Å². The molecule has 3 rings (SSSR count). The van der Waals surface area contributed by atoms with Crippen molar-refractivity contribution in [3.8, 4) is 11.5 Å². The van der Waals surface area contributed by atoms with E-state index >= 15 is 0 Å². The van der Waals surface area contributed by atoms with E-state index in [2.05, 4.69) is 0 Å². The average Bonchev–Trinajstić information content (AvgIpc) is 2.64. The van der Waals surface area contributed by atoms with E-state index in [9.17, 15) is 22.8 Å². The molecule has 2 aromatic carbocycles. The van der Waals surface area contributed by atoms with E-state index in [0.29, 0.717) is 17.6 Å². The fourth-order valence-corrected chi connectivity index (χ4v) is 2.46. The molecular weight excluding hydrogens is 359 g/mol. The smallest absolute Gasteiger partial charge is 0.421 e. The molecule has 0 unspecified atom stereocenters. The molecule has 0 spiro atoms. The molecule has 138 valence electrons. The molecule has 27 heavy (non-hydrogen) atoms. The topological polar surface area (TPSA) is 48.3 Å². The summed E-state index contributed by atoms with van der Waals surface area (Å²) < 4.78 is 44.8. The van der Waals surface area contributed by atoms with Crippen molar-refractivity contribution in [3.63, 3.8) is 0 Å². The number of carbonyl (C=O) groups excluding carboxylic acids is 1. The Bertz CT molecular complexity index is 993. The zero-order valence-electron chi connectivity index (χ0n) is 13.9. The quantitative estimate of drug-likeness (QED) is 0.617. The van der Waals surface area contributed by atoms with E-state index in [1.54, 1.807) is 24.3 Å². The summed E-state index contributed by atoms with van der Waals surface area (Å²) in [4.78, 5) is 24.2. The van der Waals surface area contributed by atoms with Gasteiger partial charge in [-0.3, -0.25) is 9.59 Å². The number of aromatic nitrogens is 1. The van der Waals surface area contributed by atoms with Gasteiger partial charge in [0.2, 0.25) is 0 Å². The number of alkyl halides is 3. The summed E-state index contributed by atoms with van der Waals surface area (Å²) in [5.41, 5.74) is -2.29. The Hall–Kier alpha value is -3.35. The van der Waals surface area contributed by atoms with Gasteiger partial charge in [0.15, 0.2) is 5.78 Å². The molecule has 4 nitrogen and oxygen atoms in total. The van der Waals surface area contributed by atoms with Crippen molar-refractivity contribution in [3.05, 3.63) is 94.4 Å². The molecule has 3 aromatic rings. The first-order valence-electron chi connectivity index (χ1n) is 7.97. The zero-order valence-corrected chi connectivity index (χ0v) is 13.9. The highest BCUT2D eigenvalue weighted by atomic mass is 19.4. The fourth-order valence-electron chi connectivity index (χ4n) is 2.46. The summed E-state index contributed by atoms with van der Waals surface area (Å²) in [7, 11) is 0. The monoisotopic (exact) mass is 373 g/mol. The van der Waals surface area contributed by atoms with Gasteiger partial charge in [0.25, 0.3) is 5.56 Å². The van der Waals surface area contributed by atoms with Crippen molar-refractivity contribution in [1.82, 2.24) is 4.57 Å². The molecule has 1 heterocycles. The number of carbonyl (C=O) groups is 1. The highest BCUT2D eigenvalue weighted by Gasteiger charge is 2.34. The van der Waals surface area contributed by atoms with E-state index < -0.39 is 29.6 Å². The number of hydrogen-bond donors (Lipinski definition) is 0. The number of pyridine rings is 1. The largest absolute Gasteiger partial charge is 0.457 e. The molecule has 0 amide bonds. The van der Waals surface area contributed by atoms with Gasteiger partial charge >= 0.3 is 6.18 Å². The maximum absolute atomic E-state index is 12.8. The first kappa shape index (κ1) is 18.4. The number of Topliss-reactive ketones (excluding diaryl/α,β-unsaturated/α-hetero) is 1. The number of hydrogen-bond acceptors (Lipinski definition) is 3. The van der Waals surface area contributed by atoms with Crippen molar-refractivity contribution in [2.45, 2.75) is 12.7 Å². The maximum Gasteiger partial charge on any atom is 0.421 e. The predicted octanol–water partition coefficient (Wildman–Crippen LogP) is 4.54. The van der Waals surface area contributed by atoms with Gasteiger partial charge in [0, 0.05) is 11.8 Å². The molecule has 0 aliphatic rings. The Balaban J connectivity index is 1.75. The number of ether oxygens (including phenoxy) is 1. The maximum atomic E-state index is 12.8. The number of para-hydroxylation sites is 1. The molecule has 0 atom stereocenters. The van der Waals surface area contributed by atoms with Gasteiger partial charge < -0.3 is 9.30 Å². The second-order valence-corrected chi connectivity index (χ2v) is 5.72. The van der Waals surface area contributed by atoms with Crippen LogP contribution in [0.5, 0.6) is 11.5 Å². The molecule has 1 aromatic heterocycles. The van der Waals surface area contributed by atoms with Crippen molar-refractivity contribution in [2.24, 2.45) is 0 Å². The number of ketones is 1. The number of benzene rings is 2. The third-order valence-electron chi connectivity index (χ3n) is 3.79. The van der Waals surface area contributed by atoms with Crippen LogP contribution in [0.4, 0.5) is 13.2 Å². The van der Waals surface area contributed by atoms with E-state index in [0.717, 1.165) is 16.8 Å². The normalized spacial score (nSPS) is 11.2. The summed E-state index contributed by atoms with van der Waals surface area (Å²) in [6.45, 7) is -0.484. The fraction of sp³-hybridized carbons (Fsp3) is 0.100. The van der Waals surface area contributed by atoms with Crippen LogP contribution >= 0.6 is 0 Å². The molecule has 0 bridgehead atoms. The summed E-state index contributed by atoms with van der Waals surface area (Å²) in [6, 6.07) is 17.0. The van der Waals surface area contributed by atoms with Gasteiger partial charge in [-0.2, -0.15) is 13.2 Å². The van der Waals surface area contributed by atoms with Crippen LogP contribution in [-0.4, -0.2) is 10.4 Å². The summed E-state index contributed by atoms with van der Waals surface area (Å²) in [5.74, 6) is 0.656. The average molecular weight is 373 g/mol. The van der Waals surface area contributed by atoms with Gasteiger partial charge in [-0.1, -0.05) is 18.2 Å². The lowest BCUT2D eigenvalue weighted by molar-refractivity contribution is -0.138. The third-order valence-corrected chi connectivity index (χ3v) is 3.79. The van der Waals surface area contributed by atoms with Gasteiger partial charge in [0.1, 0.15) is 17.1 Å². The molecule has 7 heteroatoms.